The van der Waals surface area contributed by atoms with Crippen molar-refractivity contribution in [3.8, 4) is 0 Å². The van der Waals surface area contributed by atoms with Crippen molar-refractivity contribution in [1.29, 1.82) is 0 Å². The molecule has 9 heavy (non-hydrogen) atoms. The van der Waals surface area contributed by atoms with Crippen LogP contribution in [0.25, 0.3) is 0 Å². The number of nitrogens with one attached hydrogen (secondary N) is 1. The Morgan fingerprint density at radius 2 is 2.33 bits per heavy atom. The summed E-state index contributed by atoms with van der Waals surface area (Å²) < 4.78 is 0. The number of carbonyl (C=O) groups is 1. The Labute approximate surface area is 53.0 Å². The van der Waals surface area contributed by atoms with Gasteiger partial charge in [-0.1, -0.05) is 0 Å². The van der Waals surface area contributed by atoms with Crippen LogP contribution in [-0.2, 0) is 0 Å². The standard InChI is InChI=1S/C4H9N3O2/c1-7(2)3-5-6-4(8)9/h3,6H,1-2H3,(H,8,9)/p-1/b5-3+. The molecular weight excluding hydrogens is 122 g/mol. The lowest BCUT2D eigenvalue weighted by molar-refractivity contribution is -0.250. The first kappa shape index (κ1) is 7.74. The van der Waals surface area contributed by atoms with Crippen molar-refractivity contribution in [2.75, 3.05) is 14.1 Å². The second-order valence-electron chi connectivity index (χ2n) is 1.61. The van der Waals surface area contributed by atoms with Crippen LogP contribution in [0, 0.1) is 0 Å². The summed E-state index contributed by atoms with van der Waals surface area (Å²) in [6.45, 7) is 0. The van der Waals surface area contributed by atoms with Gasteiger partial charge in [0.1, 0.15) is 6.34 Å². The maximum absolute atomic E-state index is 9.63. The maximum atomic E-state index is 9.63. The van der Waals surface area contributed by atoms with Crippen molar-refractivity contribution in [3.05, 3.63) is 0 Å². The molecular formula is C4H8N3O2-. The average molecular weight is 130 g/mol. The fourth-order valence-corrected chi connectivity index (χ4v) is 0.197. The quantitative estimate of drug-likeness (QED) is 0.279. The molecule has 0 spiro atoms. The number of hydrazone groups is 1. The monoisotopic (exact) mass is 130 g/mol. The molecule has 0 aromatic carbocycles. The van der Waals surface area contributed by atoms with Gasteiger partial charge in [0.05, 0.1) is 0 Å². The predicted molar refractivity (Wildman–Crippen MR) is 30.7 cm³/mol. The molecule has 0 saturated carbocycles. The lowest BCUT2D eigenvalue weighted by atomic mass is 11.0. The number of amides is 1. The van der Waals surface area contributed by atoms with E-state index in [1.165, 1.54) is 6.34 Å². The Bertz CT molecular complexity index is 121. The predicted octanol–water partition coefficient (Wildman–Crippen LogP) is -1.58. The van der Waals surface area contributed by atoms with Crippen LogP contribution in [0.1, 0.15) is 0 Å². The second kappa shape index (κ2) is 3.71. The van der Waals surface area contributed by atoms with E-state index in [0.717, 1.165) is 0 Å². The highest BCUT2D eigenvalue weighted by atomic mass is 16.4. The lowest BCUT2D eigenvalue weighted by Gasteiger charge is -2.02. The minimum atomic E-state index is -1.41. The van der Waals surface area contributed by atoms with E-state index in [9.17, 15) is 9.90 Å². The third-order valence-corrected chi connectivity index (χ3v) is 0.445. The smallest absolute Gasteiger partial charge is 0.155 e. The topological polar surface area (TPSA) is 67.8 Å². The summed E-state index contributed by atoms with van der Waals surface area (Å²) in [4.78, 5) is 11.2. The van der Waals surface area contributed by atoms with Gasteiger partial charge in [-0.15, -0.1) is 0 Å². The van der Waals surface area contributed by atoms with E-state index in [1.807, 2.05) is 0 Å². The van der Waals surface area contributed by atoms with E-state index in [0.29, 0.717) is 0 Å². The number of carboxylic acid groups (broad SMARTS) is 1. The van der Waals surface area contributed by atoms with E-state index in [-0.39, 0.29) is 0 Å². The van der Waals surface area contributed by atoms with Gasteiger partial charge in [0.25, 0.3) is 0 Å². The van der Waals surface area contributed by atoms with Gasteiger partial charge in [0.2, 0.25) is 0 Å². The van der Waals surface area contributed by atoms with Crippen molar-refractivity contribution < 1.29 is 9.90 Å². The summed E-state index contributed by atoms with van der Waals surface area (Å²) >= 11 is 0. The molecule has 0 rings (SSSR count). The van der Waals surface area contributed by atoms with Crippen molar-refractivity contribution >= 4 is 12.4 Å². The van der Waals surface area contributed by atoms with E-state index in [2.05, 4.69) is 5.10 Å². The molecule has 1 amide bonds. The molecule has 0 aliphatic rings. The van der Waals surface area contributed by atoms with Gasteiger partial charge in [-0.25, -0.2) is 0 Å². The van der Waals surface area contributed by atoms with Crippen LogP contribution in [0.3, 0.4) is 0 Å². The highest BCUT2D eigenvalue weighted by Gasteiger charge is 1.75. The van der Waals surface area contributed by atoms with Gasteiger partial charge in [-0.05, 0) is 0 Å². The third-order valence-electron chi connectivity index (χ3n) is 0.445. The van der Waals surface area contributed by atoms with Crippen molar-refractivity contribution in [2.45, 2.75) is 0 Å². The number of hydrogen-bond donors (Lipinski definition) is 1. The maximum Gasteiger partial charge on any atom is 0.155 e. The Morgan fingerprint density at radius 1 is 1.78 bits per heavy atom. The molecule has 0 unspecified atom stereocenters. The van der Waals surface area contributed by atoms with Gasteiger partial charge in [0, 0.05) is 14.1 Å². The fourth-order valence-electron chi connectivity index (χ4n) is 0.197. The van der Waals surface area contributed by atoms with Gasteiger partial charge >= 0.3 is 0 Å². The molecule has 52 valence electrons. The van der Waals surface area contributed by atoms with Gasteiger partial charge in [-0.2, -0.15) is 5.10 Å². The molecule has 0 fully saturated rings. The van der Waals surface area contributed by atoms with Gasteiger partial charge in [0.15, 0.2) is 6.09 Å². The van der Waals surface area contributed by atoms with E-state index in [4.69, 9.17) is 0 Å². The zero-order valence-electron chi connectivity index (χ0n) is 5.29. The summed E-state index contributed by atoms with van der Waals surface area (Å²) in [7, 11) is 3.45. The number of carbonyl (C=O) groups excluding carboxylic acids is 1. The summed E-state index contributed by atoms with van der Waals surface area (Å²) in [5.41, 5.74) is 1.71. The zero-order chi connectivity index (χ0) is 7.28. The van der Waals surface area contributed by atoms with E-state index in [1.54, 1.807) is 24.4 Å². The fraction of sp³-hybridized carbons (Fsp3) is 0.500. The second-order valence-corrected chi connectivity index (χ2v) is 1.61. The molecule has 0 heterocycles. The van der Waals surface area contributed by atoms with Crippen molar-refractivity contribution in [2.24, 2.45) is 5.10 Å². The third kappa shape index (κ3) is 6.74. The molecule has 1 N–H and O–H groups in total. The van der Waals surface area contributed by atoms with Crippen LogP contribution in [0.4, 0.5) is 4.79 Å². The SMILES string of the molecule is CN(C)/C=N/NC(=O)[O-]. The van der Waals surface area contributed by atoms with Crippen LogP contribution in [0.2, 0.25) is 0 Å². The lowest BCUT2D eigenvalue weighted by Crippen LogP contribution is -2.33. The molecule has 0 atom stereocenters. The minimum Gasteiger partial charge on any atom is -0.529 e. The number of rotatable bonds is 2. The first-order valence-corrected chi connectivity index (χ1v) is 2.29. The molecule has 5 nitrogen and oxygen atoms in total. The molecule has 0 bridgehead atoms. The van der Waals surface area contributed by atoms with Crippen LogP contribution in [-0.4, -0.2) is 31.4 Å². The highest BCUT2D eigenvalue weighted by Crippen LogP contribution is 1.62. The molecule has 0 radical (unpaired) electrons. The molecule has 0 saturated heterocycles. The van der Waals surface area contributed by atoms with Crippen LogP contribution >= 0.6 is 0 Å². The van der Waals surface area contributed by atoms with Crippen LogP contribution in [0.5, 0.6) is 0 Å². The Morgan fingerprint density at radius 3 is 2.67 bits per heavy atom. The average Bonchev–Trinajstić information content (AvgIpc) is 1.63. The van der Waals surface area contributed by atoms with Crippen LogP contribution < -0.4 is 10.5 Å². The van der Waals surface area contributed by atoms with Gasteiger partial charge < -0.3 is 14.8 Å². The molecule has 0 aromatic rings. The Kier molecular flexibility index (Phi) is 3.19. The van der Waals surface area contributed by atoms with E-state index < -0.39 is 6.09 Å². The molecule has 0 aliphatic carbocycles. The first-order valence-electron chi connectivity index (χ1n) is 2.29. The Balaban J connectivity index is 3.36. The number of nitrogens with zero attached hydrogens (tertiary/aromatic N) is 2. The normalized spacial score (nSPS) is 9.56. The number of hydrogen-bond acceptors (Lipinski definition) is 3. The molecule has 0 aliphatic heterocycles. The zero-order valence-corrected chi connectivity index (χ0v) is 5.29. The summed E-state index contributed by atoms with van der Waals surface area (Å²) in [6.07, 6.45) is -0.0939. The van der Waals surface area contributed by atoms with E-state index >= 15 is 0 Å². The van der Waals surface area contributed by atoms with Gasteiger partial charge in [-0.3, -0.25) is 5.43 Å². The first-order chi connectivity index (χ1) is 4.13. The molecule has 0 aromatic heterocycles. The Hall–Kier alpha value is -1.26. The van der Waals surface area contributed by atoms with Crippen molar-refractivity contribution in [3.63, 3.8) is 0 Å². The van der Waals surface area contributed by atoms with Crippen molar-refractivity contribution in [1.82, 2.24) is 10.3 Å². The largest absolute Gasteiger partial charge is 0.529 e. The summed E-state index contributed by atoms with van der Waals surface area (Å²) in [5, 5.41) is 12.9. The van der Waals surface area contributed by atoms with Crippen LogP contribution in [0.15, 0.2) is 5.10 Å². The summed E-state index contributed by atoms with van der Waals surface area (Å²) in [6, 6.07) is 0. The summed E-state index contributed by atoms with van der Waals surface area (Å²) in [5.74, 6) is 0. The molecule has 5 heteroatoms. The highest BCUT2D eigenvalue weighted by molar-refractivity contribution is 5.64. The minimum absolute atomic E-state index is 1.32.